The monoisotopic (exact) mass is 475 g/mol. The van der Waals surface area contributed by atoms with E-state index in [1.54, 1.807) is 42.5 Å². The van der Waals surface area contributed by atoms with E-state index in [0.29, 0.717) is 17.1 Å². The van der Waals surface area contributed by atoms with Gasteiger partial charge in [0.05, 0.1) is 13.2 Å². The first-order valence-electron chi connectivity index (χ1n) is 9.05. The second-order valence-electron chi connectivity index (χ2n) is 6.39. The van der Waals surface area contributed by atoms with Gasteiger partial charge in [0.1, 0.15) is 11.2 Å². The number of rotatable bonds is 10. The summed E-state index contributed by atoms with van der Waals surface area (Å²) in [5, 5.41) is 9.99. The number of methoxy groups -OCH3 is 2. The molecule has 0 fully saturated rings. The molecule has 0 saturated carbocycles. The molecule has 0 spiro atoms. The highest BCUT2D eigenvalue weighted by Crippen LogP contribution is 2.41. The molecule has 0 aliphatic rings. The third kappa shape index (κ3) is 5.38. The van der Waals surface area contributed by atoms with Gasteiger partial charge in [-0.2, -0.15) is 5.26 Å². The van der Waals surface area contributed by atoms with Gasteiger partial charge in [0.2, 0.25) is 0 Å². The van der Waals surface area contributed by atoms with E-state index >= 15 is 0 Å². The van der Waals surface area contributed by atoms with Crippen LogP contribution in [-0.2, 0) is 19.7 Å². The number of carbonyl (C=O) groups excluding carboxylic acids is 2. The second kappa shape index (κ2) is 10.8. The third-order valence-corrected chi connectivity index (χ3v) is 5.05. The summed E-state index contributed by atoms with van der Waals surface area (Å²) in [5.41, 5.74) is -1.30. The highest BCUT2D eigenvalue weighted by molar-refractivity contribution is 9.10. The molecule has 0 aromatic heterocycles. The molecule has 0 aliphatic heterocycles. The Morgan fingerprint density at radius 1 is 1.13 bits per heavy atom. The lowest BCUT2D eigenvalue weighted by atomic mass is 9.74. The Balaban J connectivity index is 2.32. The molecule has 1 atom stereocenters. The summed E-state index contributed by atoms with van der Waals surface area (Å²) in [5.74, 6) is -0.0285. The van der Waals surface area contributed by atoms with Gasteiger partial charge in [0.15, 0.2) is 24.1 Å². The lowest BCUT2D eigenvalue weighted by Gasteiger charge is -2.27. The van der Waals surface area contributed by atoms with E-state index in [0.717, 1.165) is 4.47 Å². The van der Waals surface area contributed by atoms with Gasteiger partial charge in [0.25, 0.3) is 0 Å². The van der Waals surface area contributed by atoms with Gasteiger partial charge < -0.3 is 18.9 Å². The summed E-state index contributed by atoms with van der Waals surface area (Å²) in [4.78, 5) is 25.0. The van der Waals surface area contributed by atoms with Gasteiger partial charge in [-0.1, -0.05) is 28.1 Å². The van der Waals surface area contributed by atoms with Crippen molar-refractivity contribution in [2.45, 2.75) is 25.2 Å². The highest BCUT2D eigenvalue weighted by Gasteiger charge is 2.41. The normalized spacial score (nSPS) is 12.4. The SMILES string of the molecule is COCOc1c(OC)cccc1C(C#N)(CCC(=O)Oc1ccc(Br)cc1)C(C)=O. The highest BCUT2D eigenvalue weighted by atomic mass is 79.9. The van der Waals surface area contributed by atoms with E-state index < -0.39 is 17.2 Å². The molecule has 2 rings (SSSR count). The van der Waals surface area contributed by atoms with Gasteiger partial charge in [-0.25, -0.2) is 0 Å². The van der Waals surface area contributed by atoms with Gasteiger partial charge in [0, 0.05) is 23.6 Å². The lowest BCUT2D eigenvalue weighted by Crippen LogP contribution is -2.34. The van der Waals surface area contributed by atoms with E-state index in [4.69, 9.17) is 18.9 Å². The van der Waals surface area contributed by atoms with E-state index in [1.807, 2.05) is 0 Å². The molecule has 158 valence electrons. The number of hydrogen-bond acceptors (Lipinski definition) is 7. The number of para-hydroxylation sites is 1. The maximum atomic E-state index is 12.6. The molecule has 2 aromatic rings. The first-order chi connectivity index (χ1) is 14.4. The minimum absolute atomic E-state index is 0.0787. The van der Waals surface area contributed by atoms with Crippen LogP contribution in [0.4, 0.5) is 0 Å². The molecule has 0 amide bonds. The molecule has 0 bridgehead atoms. The molecule has 0 heterocycles. The number of benzene rings is 2. The van der Waals surface area contributed by atoms with Crippen molar-refractivity contribution < 1.29 is 28.5 Å². The Bertz CT molecular complexity index is 938. The summed E-state index contributed by atoms with van der Waals surface area (Å²) >= 11 is 3.31. The van der Waals surface area contributed by atoms with Crippen molar-refractivity contribution in [1.29, 1.82) is 5.26 Å². The van der Waals surface area contributed by atoms with E-state index in [9.17, 15) is 14.9 Å². The van der Waals surface area contributed by atoms with Gasteiger partial charge in [-0.15, -0.1) is 0 Å². The average molecular weight is 476 g/mol. The van der Waals surface area contributed by atoms with Crippen LogP contribution in [0.5, 0.6) is 17.2 Å². The molecule has 1 unspecified atom stereocenters. The van der Waals surface area contributed by atoms with Crippen LogP contribution in [0.15, 0.2) is 46.9 Å². The molecule has 0 aliphatic carbocycles. The topological polar surface area (TPSA) is 94.9 Å². The number of Topliss-reactive ketones (excluding diaryl/α,β-unsaturated/α-hetero) is 1. The Morgan fingerprint density at radius 2 is 1.83 bits per heavy atom. The second-order valence-corrected chi connectivity index (χ2v) is 7.30. The third-order valence-electron chi connectivity index (χ3n) is 4.52. The zero-order chi connectivity index (χ0) is 22.1. The number of esters is 1. The molecular formula is C22H22BrNO6. The van der Waals surface area contributed by atoms with Crippen LogP contribution in [0.1, 0.15) is 25.3 Å². The van der Waals surface area contributed by atoms with Crippen molar-refractivity contribution in [2.75, 3.05) is 21.0 Å². The minimum atomic E-state index is -1.61. The van der Waals surface area contributed by atoms with Crippen LogP contribution in [-0.4, -0.2) is 32.8 Å². The number of halogens is 1. The fraction of sp³-hybridized carbons (Fsp3) is 0.318. The Kier molecular flexibility index (Phi) is 8.39. The molecule has 8 heteroatoms. The van der Waals surface area contributed by atoms with Crippen molar-refractivity contribution in [3.05, 3.63) is 52.5 Å². The summed E-state index contributed by atoms with van der Waals surface area (Å²) in [6.07, 6.45) is -0.227. The van der Waals surface area contributed by atoms with Crippen LogP contribution in [0.2, 0.25) is 0 Å². The van der Waals surface area contributed by atoms with Crippen molar-refractivity contribution in [2.24, 2.45) is 0 Å². The van der Waals surface area contributed by atoms with Crippen LogP contribution in [0.3, 0.4) is 0 Å². The smallest absolute Gasteiger partial charge is 0.311 e. The average Bonchev–Trinajstić information content (AvgIpc) is 2.74. The molecular weight excluding hydrogens is 454 g/mol. The van der Waals surface area contributed by atoms with Crippen molar-refractivity contribution in [3.8, 4) is 23.3 Å². The van der Waals surface area contributed by atoms with Crippen molar-refractivity contribution in [3.63, 3.8) is 0 Å². The van der Waals surface area contributed by atoms with Crippen LogP contribution in [0.25, 0.3) is 0 Å². The zero-order valence-electron chi connectivity index (χ0n) is 16.9. The lowest BCUT2D eigenvalue weighted by molar-refractivity contribution is -0.134. The fourth-order valence-electron chi connectivity index (χ4n) is 2.95. The number of ether oxygens (including phenoxy) is 4. The predicted octanol–water partition coefficient (Wildman–Crippen LogP) is 4.18. The Morgan fingerprint density at radius 3 is 2.40 bits per heavy atom. The summed E-state index contributed by atoms with van der Waals surface area (Å²) < 4.78 is 22.0. The van der Waals surface area contributed by atoms with Gasteiger partial charge in [-0.3, -0.25) is 9.59 Å². The van der Waals surface area contributed by atoms with E-state index in [2.05, 4.69) is 22.0 Å². The van der Waals surface area contributed by atoms with E-state index in [1.165, 1.54) is 21.1 Å². The van der Waals surface area contributed by atoms with E-state index in [-0.39, 0.29) is 25.4 Å². The summed E-state index contributed by atoms with van der Waals surface area (Å²) in [6, 6.07) is 13.8. The van der Waals surface area contributed by atoms with Crippen molar-refractivity contribution in [1.82, 2.24) is 0 Å². The fourth-order valence-corrected chi connectivity index (χ4v) is 3.21. The number of hydrogen-bond donors (Lipinski definition) is 0. The van der Waals surface area contributed by atoms with Crippen LogP contribution in [0, 0.1) is 11.3 Å². The first-order valence-corrected chi connectivity index (χ1v) is 9.85. The van der Waals surface area contributed by atoms with Crippen LogP contribution >= 0.6 is 15.9 Å². The number of ketones is 1. The van der Waals surface area contributed by atoms with Crippen molar-refractivity contribution >= 4 is 27.7 Å². The predicted molar refractivity (Wildman–Crippen MR) is 112 cm³/mol. The summed E-state index contributed by atoms with van der Waals surface area (Å²) in [6.45, 7) is 1.21. The minimum Gasteiger partial charge on any atom is -0.493 e. The first kappa shape index (κ1) is 23.4. The Labute approximate surface area is 183 Å². The Hall–Kier alpha value is -2.89. The van der Waals surface area contributed by atoms with Gasteiger partial charge >= 0.3 is 5.97 Å². The zero-order valence-corrected chi connectivity index (χ0v) is 18.5. The molecule has 0 saturated heterocycles. The largest absolute Gasteiger partial charge is 0.493 e. The number of nitrogens with zero attached hydrogens (tertiary/aromatic N) is 1. The number of nitriles is 1. The summed E-state index contributed by atoms with van der Waals surface area (Å²) in [7, 11) is 2.91. The van der Waals surface area contributed by atoms with Crippen LogP contribution < -0.4 is 14.2 Å². The number of carbonyl (C=O) groups is 2. The molecule has 30 heavy (non-hydrogen) atoms. The molecule has 7 nitrogen and oxygen atoms in total. The maximum absolute atomic E-state index is 12.6. The molecule has 2 aromatic carbocycles. The quantitative estimate of drug-likeness (QED) is 0.289. The molecule has 0 N–H and O–H groups in total. The van der Waals surface area contributed by atoms with Gasteiger partial charge in [-0.05, 0) is 43.7 Å². The maximum Gasteiger partial charge on any atom is 0.311 e. The molecule has 0 radical (unpaired) electrons. The standard InChI is InChI=1S/C22H22BrNO6/c1-15(25)22(13-24,12-11-20(26)30-17-9-7-16(23)8-10-17)18-5-4-6-19(28-3)21(18)29-14-27-2/h4-10H,11-12,14H2,1-3H3.